The van der Waals surface area contributed by atoms with Gasteiger partial charge in [0, 0.05) is 0 Å². The van der Waals surface area contributed by atoms with Gasteiger partial charge >= 0.3 is 0 Å². The van der Waals surface area contributed by atoms with Crippen LogP contribution in [0.25, 0.3) is 0 Å². The molecule has 0 aliphatic carbocycles. The minimum atomic E-state index is -3.00. The summed E-state index contributed by atoms with van der Waals surface area (Å²) in [5, 5.41) is 8.45. The SMILES string of the molecule is Cl.NCCCCCCS(=O)(=O)CCO. The zero-order valence-corrected chi connectivity index (χ0v) is 9.95. The molecule has 0 bridgehead atoms. The first-order chi connectivity index (χ1) is 6.12. The summed E-state index contributed by atoms with van der Waals surface area (Å²) < 4.78 is 22.2. The van der Waals surface area contributed by atoms with Crippen LogP contribution < -0.4 is 5.73 Å². The summed E-state index contributed by atoms with van der Waals surface area (Å²) in [5.41, 5.74) is 5.29. The first kappa shape index (κ1) is 16.6. The van der Waals surface area contributed by atoms with Gasteiger partial charge in [0.25, 0.3) is 0 Å². The van der Waals surface area contributed by atoms with Gasteiger partial charge in [0.05, 0.1) is 18.1 Å². The number of hydrogen-bond acceptors (Lipinski definition) is 4. The highest BCUT2D eigenvalue weighted by atomic mass is 35.5. The van der Waals surface area contributed by atoms with Crippen LogP contribution >= 0.6 is 12.4 Å². The summed E-state index contributed by atoms with van der Waals surface area (Å²) in [6.45, 7) is 0.397. The van der Waals surface area contributed by atoms with Gasteiger partial charge in [-0.3, -0.25) is 0 Å². The van der Waals surface area contributed by atoms with Gasteiger partial charge < -0.3 is 10.8 Å². The molecule has 0 amide bonds. The fourth-order valence-corrected chi connectivity index (χ4v) is 2.19. The zero-order valence-electron chi connectivity index (χ0n) is 8.31. The van der Waals surface area contributed by atoms with Crippen LogP contribution in [0.5, 0.6) is 0 Å². The molecule has 0 aliphatic heterocycles. The van der Waals surface area contributed by atoms with E-state index in [0.717, 1.165) is 19.3 Å². The van der Waals surface area contributed by atoms with Crippen LogP contribution in [-0.2, 0) is 9.84 Å². The van der Waals surface area contributed by atoms with E-state index in [1.54, 1.807) is 0 Å². The van der Waals surface area contributed by atoms with E-state index in [4.69, 9.17) is 10.8 Å². The first-order valence-electron chi connectivity index (χ1n) is 4.64. The topological polar surface area (TPSA) is 80.4 Å². The second kappa shape index (κ2) is 9.71. The number of nitrogens with two attached hydrogens (primary N) is 1. The van der Waals surface area contributed by atoms with Gasteiger partial charge in [0.15, 0.2) is 9.84 Å². The molecule has 3 N–H and O–H groups in total. The Labute approximate surface area is 92.2 Å². The Balaban J connectivity index is 0. The molecule has 0 spiro atoms. The third-order valence-corrected chi connectivity index (χ3v) is 3.53. The first-order valence-corrected chi connectivity index (χ1v) is 6.46. The van der Waals surface area contributed by atoms with Crippen molar-refractivity contribution < 1.29 is 13.5 Å². The summed E-state index contributed by atoms with van der Waals surface area (Å²) in [7, 11) is -3.00. The summed E-state index contributed by atoms with van der Waals surface area (Å²) in [6.07, 6.45) is 3.54. The van der Waals surface area contributed by atoms with Gasteiger partial charge in [-0.2, -0.15) is 0 Å². The molecule has 88 valence electrons. The van der Waals surface area contributed by atoms with Crippen molar-refractivity contribution in [3.05, 3.63) is 0 Å². The Morgan fingerprint density at radius 3 is 2.07 bits per heavy atom. The molecule has 0 atom stereocenters. The van der Waals surface area contributed by atoms with Crippen molar-refractivity contribution in [1.82, 2.24) is 0 Å². The third kappa shape index (κ3) is 10.2. The maximum Gasteiger partial charge on any atom is 0.152 e. The maximum atomic E-state index is 11.1. The van der Waals surface area contributed by atoms with E-state index in [1.807, 2.05) is 0 Å². The third-order valence-electron chi connectivity index (χ3n) is 1.81. The molecule has 0 aromatic rings. The van der Waals surface area contributed by atoms with E-state index < -0.39 is 9.84 Å². The van der Waals surface area contributed by atoms with Crippen LogP contribution in [0.2, 0.25) is 0 Å². The largest absolute Gasteiger partial charge is 0.395 e. The van der Waals surface area contributed by atoms with Gasteiger partial charge in [-0.1, -0.05) is 12.8 Å². The van der Waals surface area contributed by atoms with Gasteiger partial charge in [-0.05, 0) is 19.4 Å². The van der Waals surface area contributed by atoms with E-state index in [2.05, 4.69) is 0 Å². The molecule has 0 aliphatic rings. The predicted octanol–water partition coefficient (Wildman–Crippen LogP) is 0.334. The summed E-state index contributed by atoms with van der Waals surface area (Å²) in [5.74, 6) is 0.0853. The van der Waals surface area contributed by atoms with Crippen molar-refractivity contribution in [1.29, 1.82) is 0 Å². The van der Waals surface area contributed by atoms with Crippen LogP contribution in [0.1, 0.15) is 25.7 Å². The normalized spacial score (nSPS) is 11.0. The monoisotopic (exact) mass is 245 g/mol. The average molecular weight is 246 g/mol. The van der Waals surface area contributed by atoms with Crippen molar-refractivity contribution in [3.63, 3.8) is 0 Å². The fraction of sp³-hybridized carbons (Fsp3) is 1.00. The van der Waals surface area contributed by atoms with Crippen molar-refractivity contribution in [2.24, 2.45) is 5.73 Å². The zero-order chi connectivity index (χ0) is 10.2. The van der Waals surface area contributed by atoms with Crippen LogP contribution in [0.4, 0.5) is 0 Å². The van der Waals surface area contributed by atoms with E-state index in [9.17, 15) is 8.42 Å². The van der Waals surface area contributed by atoms with Gasteiger partial charge in [-0.15, -0.1) is 12.4 Å². The van der Waals surface area contributed by atoms with E-state index >= 15 is 0 Å². The highest BCUT2D eigenvalue weighted by Crippen LogP contribution is 2.02. The van der Waals surface area contributed by atoms with Crippen molar-refractivity contribution in [2.45, 2.75) is 25.7 Å². The molecule has 6 heteroatoms. The van der Waals surface area contributed by atoms with Gasteiger partial charge in [-0.25, -0.2) is 8.42 Å². The smallest absolute Gasteiger partial charge is 0.152 e. The number of unbranched alkanes of at least 4 members (excludes halogenated alkanes) is 3. The van der Waals surface area contributed by atoms with Crippen LogP contribution in [0, 0.1) is 0 Å². The number of hydrogen-bond donors (Lipinski definition) is 2. The van der Waals surface area contributed by atoms with Gasteiger partial charge in [0.1, 0.15) is 0 Å². The Bertz CT molecular complexity index is 207. The molecule has 4 nitrogen and oxygen atoms in total. The number of halogens is 1. The molecule has 0 saturated heterocycles. The van der Waals surface area contributed by atoms with Crippen LogP contribution in [0.3, 0.4) is 0 Å². The maximum absolute atomic E-state index is 11.1. The van der Waals surface area contributed by atoms with Crippen LogP contribution in [0.15, 0.2) is 0 Å². The quantitative estimate of drug-likeness (QED) is 0.604. The lowest BCUT2D eigenvalue weighted by molar-refractivity contribution is 0.319. The molecule has 0 aromatic carbocycles. The standard InChI is InChI=1S/C8H19NO3S.ClH/c9-5-3-1-2-4-7-13(11,12)8-6-10;/h10H,1-9H2;1H. The highest BCUT2D eigenvalue weighted by Gasteiger charge is 2.08. The van der Waals surface area contributed by atoms with Crippen molar-refractivity contribution >= 4 is 22.2 Å². The minimum absolute atomic E-state index is 0. The highest BCUT2D eigenvalue weighted by molar-refractivity contribution is 7.91. The molecule has 0 unspecified atom stereocenters. The molecule has 14 heavy (non-hydrogen) atoms. The van der Waals surface area contributed by atoms with Crippen molar-refractivity contribution in [2.75, 3.05) is 24.7 Å². The number of aliphatic hydroxyl groups is 1. The lowest BCUT2D eigenvalue weighted by Gasteiger charge is -2.01. The number of rotatable bonds is 8. The molecule has 0 heterocycles. The summed E-state index contributed by atoms with van der Waals surface area (Å²) in [6, 6.07) is 0. The second-order valence-corrected chi connectivity index (χ2v) is 5.38. The van der Waals surface area contributed by atoms with Crippen LogP contribution in [-0.4, -0.2) is 38.2 Å². The van der Waals surface area contributed by atoms with E-state index in [0.29, 0.717) is 13.0 Å². The molecule has 0 aromatic heterocycles. The molecule has 0 fully saturated rings. The lowest BCUT2D eigenvalue weighted by Crippen LogP contribution is -2.13. The lowest BCUT2D eigenvalue weighted by atomic mass is 10.2. The Morgan fingerprint density at radius 1 is 1.00 bits per heavy atom. The summed E-state index contributed by atoms with van der Waals surface area (Å²) in [4.78, 5) is 0. The minimum Gasteiger partial charge on any atom is -0.395 e. The molecule has 0 saturated carbocycles. The predicted molar refractivity (Wildman–Crippen MR) is 60.5 cm³/mol. The second-order valence-electron chi connectivity index (χ2n) is 3.08. The molecule has 0 rings (SSSR count). The van der Waals surface area contributed by atoms with E-state index in [-0.39, 0.29) is 30.5 Å². The number of sulfone groups is 1. The fourth-order valence-electron chi connectivity index (χ4n) is 1.06. The molecule has 0 radical (unpaired) electrons. The number of aliphatic hydroxyl groups excluding tert-OH is 1. The van der Waals surface area contributed by atoms with E-state index in [1.165, 1.54) is 0 Å². The molecular weight excluding hydrogens is 226 g/mol. The average Bonchev–Trinajstić information content (AvgIpc) is 2.04. The Kier molecular flexibility index (Phi) is 11.5. The Hall–Kier alpha value is 0.160. The van der Waals surface area contributed by atoms with Gasteiger partial charge in [0.2, 0.25) is 0 Å². The summed E-state index contributed by atoms with van der Waals surface area (Å²) >= 11 is 0. The van der Waals surface area contributed by atoms with Crippen molar-refractivity contribution in [3.8, 4) is 0 Å². The Morgan fingerprint density at radius 2 is 1.57 bits per heavy atom. The molecular formula is C8H20ClNO3S.